The lowest BCUT2D eigenvalue weighted by Gasteiger charge is -2.16. The molecule has 4 heteroatoms. The molecule has 0 bridgehead atoms. The summed E-state index contributed by atoms with van der Waals surface area (Å²) >= 11 is 3.93. The highest BCUT2D eigenvalue weighted by Crippen LogP contribution is 2.19. The lowest BCUT2D eigenvalue weighted by molar-refractivity contribution is -0.115. The summed E-state index contributed by atoms with van der Waals surface area (Å²) in [5, 5.41) is 0. The van der Waals surface area contributed by atoms with Crippen molar-refractivity contribution in [1.82, 2.24) is 0 Å². The van der Waals surface area contributed by atoms with E-state index in [2.05, 4.69) is 12.6 Å². The van der Waals surface area contributed by atoms with Gasteiger partial charge in [0.2, 0.25) is 5.91 Å². The summed E-state index contributed by atoms with van der Waals surface area (Å²) in [6.07, 6.45) is 0. The second-order valence-corrected chi connectivity index (χ2v) is 3.13. The number of hydrogen-bond acceptors (Lipinski definition) is 3. The minimum atomic E-state index is -0.0402. The summed E-state index contributed by atoms with van der Waals surface area (Å²) in [5.74, 6) is 0.899. The van der Waals surface area contributed by atoms with E-state index in [9.17, 15) is 4.79 Å². The molecule has 0 unspecified atom stereocenters. The normalized spacial score (nSPS) is 9.64. The van der Waals surface area contributed by atoms with Crippen LogP contribution in [0.3, 0.4) is 0 Å². The number of hydrogen-bond donors (Lipinski definition) is 1. The van der Waals surface area contributed by atoms with E-state index in [1.165, 1.54) is 0 Å². The standard InChI is InChI=1S/C10H13NO2S/c1-11(10(12)7-14)8-4-3-5-9(6-8)13-2/h3-6,14H,7H2,1-2H3. The Hall–Kier alpha value is -1.16. The highest BCUT2D eigenvalue weighted by Gasteiger charge is 2.08. The number of thiol groups is 1. The van der Waals surface area contributed by atoms with Gasteiger partial charge in [-0.1, -0.05) is 6.07 Å². The van der Waals surface area contributed by atoms with Gasteiger partial charge in [0.25, 0.3) is 0 Å². The Bertz CT molecular complexity index is 328. The van der Waals surface area contributed by atoms with E-state index in [0.29, 0.717) is 0 Å². The Morgan fingerprint density at radius 1 is 1.57 bits per heavy atom. The molecule has 0 aromatic heterocycles. The van der Waals surface area contributed by atoms with E-state index < -0.39 is 0 Å². The van der Waals surface area contributed by atoms with E-state index in [1.807, 2.05) is 18.2 Å². The number of methoxy groups -OCH3 is 1. The number of carbonyl (C=O) groups is 1. The number of rotatable bonds is 3. The number of anilines is 1. The lowest BCUT2D eigenvalue weighted by atomic mass is 10.3. The number of amides is 1. The van der Waals surface area contributed by atoms with Crippen LogP contribution in [-0.2, 0) is 4.79 Å². The minimum absolute atomic E-state index is 0.0402. The molecule has 3 nitrogen and oxygen atoms in total. The molecule has 0 N–H and O–H groups in total. The second-order valence-electron chi connectivity index (χ2n) is 2.81. The van der Waals surface area contributed by atoms with Crippen molar-refractivity contribution in [2.24, 2.45) is 0 Å². The van der Waals surface area contributed by atoms with Gasteiger partial charge in [0.1, 0.15) is 5.75 Å². The molecule has 0 aliphatic heterocycles. The number of carbonyl (C=O) groups excluding carboxylic acids is 1. The summed E-state index contributed by atoms with van der Waals surface area (Å²) in [4.78, 5) is 12.9. The maximum atomic E-state index is 11.3. The van der Waals surface area contributed by atoms with Gasteiger partial charge in [-0.3, -0.25) is 4.79 Å². The molecule has 0 spiro atoms. The predicted molar refractivity (Wildman–Crippen MR) is 60.3 cm³/mol. The van der Waals surface area contributed by atoms with Crippen LogP contribution in [0.25, 0.3) is 0 Å². The summed E-state index contributed by atoms with van der Waals surface area (Å²) < 4.78 is 5.06. The molecule has 0 heterocycles. The summed E-state index contributed by atoms with van der Waals surface area (Å²) in [5.41, 5.74) is 0.809. The van der Waals surface area contributed by atoms with Crippen LogP contribution in [0.2, 0.25) is 0 Å². The molecule has 1 rings (SSSR count). The SMILES string of the molecule is COc1cccc(N(C)C(=O)CS)c1. The Kier molecular flexibility index (Phi) is 3.83. The minimum Gasteiger partial charge on any atom is -0.497 e. The van der Waals surface area contributed by atoms with Gasteiger partial charge < -0.3 is 9.64 Å². The van der Waals surface area contributed by atoms with Crippen LogP contribution < -0.4 is 9.64 Å². The number of ether oxygens (including phenoxy) is 1. The number of benzene rings is 1. The first-order valence-corrected chi connectivity index (χ1v) is 4.83. The number of nitrogens with zero attached hydrogens (tertiary/aromatic N) is 1. The third kappa shape index (κ3) is 2.42. The summed E-state index contributed by atoms with van der Waals surface area (Å²) in [6, 6.07) is 7.34. The van der Waals surface area contributed by atoms with Gasteiger partial charge in [0.15, 0.2) is 0 Å². The zero-order valence-corrected chi connectivity index (χ0v) is 9.12. The Balaban J connectivity index is 2.89. The van der Waals surface area contributed by atoms with Crippen molar-refractivity contribution >= 4 is 24.2 Å². The van der Waals surface area contributed by atoms with Crippen molar-refractivity contribution in [3.63, 3.8) is 0 Å². The van der Waals surface area contributed by atoms with Crippen LogP contribution in [-0.4, -0.2) is 25.8 Å². The first-order valence-electron chi connectivity index (χ1n) is 4.20. The molecule has 1 aromatic rings. The highest BCUT2D eigenvalue weighted by molar-refractivity contribution is 7.81. The quantitative estimate of drug-likeness (QED) is 0.769. The largest absolute Gasteiger partial charge is 0.497 e. The van der Waals surface area contributed by atoms with Crippen molar-refractivity contribution in [2.75, 3.05) is 24.8 Å². The van der Waals surface area contributed by atoms with Crippen molar-refractivity contribution in [2.45, 2.75) is 0 Å². The zero-order chi connectivity index (χ0) is 10.6. The van der Waals surface area contributed by atoms with E-state index in [-0.39, 0.29) is 11.7 Å². The van der Waals surface area contributed by atoms with Gasteiger partial charge in [0, 0.05) is 18.8 Å². The second kappa shape index (κ2) is 4.91. The van der Waals surface area contributed by atoms with Gasteiger partial charge in [-0.05, 0) is 12.1 Å². The Labute approximate surface area is 89.1 Å². The van der Waals surface area contributed by atoms with Crippen LogP contribution in [0.4, 0.5) is 5.69 Å². The molecule has 0 fully saturated rings. The van der Waals surface area contributed by atoms with Crippen LogP contribution in [0.5, 0.6) is 5.75 Å². The fourth-order valence-corrected chi connectivity index (χ4v) is 1.28. The molecule has 76 valence electrons. The lowest BCUT2D eigenvalue weighted by Crippen LogP contribution is -2.27. The predicted octanol–water partition coefficient (Wildman–Crippen LogP) is 1.59. The molecular formula is C10H13NO2S. The van der Waals surface area contributed by atoms with Crippen LogP contribution in [0.15, 0.2) is 24.3 Å². The molecule has 0 saturated carbocycles. The van der Waals surface area contributed by atoms with Crippen molar-refractivity contribution in [3.8, 4) is 5.75 Å². The van der Waals surface area contributed by atoms with Crippen LogP contribution in [0.1, 0.15) is 0 Å². The fraction of sp³-hybridized carbons (Fsp3) is 0.300. The van der Waals surface area contributed by atoms with Crippen molar-refractivity contribution < 1.29 is 9.53 Å². The molecule has 0 aliphatic rings. The molecule has 0 saturated heterocycles. The van der Waals surface area contributed by atoms with Crippen molar-refractivity contribution in [3.05, 3.63) is 24.3 Å². The maximum absolute atomic E-state index is 11.3. The van der Waals surface area contributed by atoms with Gasteiger partial charge in [0.05, 0.1) is 12.9 Å². The van der Waals surface area contributed by atoms with E-state index in [0.717, 1.165) is 11.4 Å². The average molecular weight is 211 g/mol. The first-order chi connectivity index (χ1) is 6.69. The maximum Gasteiger partial charge on any atom is 0.236 e. The summed E-state index contributed by atoms with van der Waals surface area (Å²) in [6.45, 7) is 0. The van der Waals surface area contributed by atoms with E-state index in [1.54, 1.807) is 25.1 Å². The van der Waals surface area contributed by atoms with Gasteiger partial charge in [-0.15, -0.1) is 0 Å². The van der Waals surface area contributed by atoms with Gasteiger partial charge >= 0.3 is 0 Å². The smallest absolute Gasteiger partial charge is 0.236 e. The summed E-state index contributed by atoms with van der Waals surface area (Å²) in [7, 11) is 3.31. The molecule has 1 aromatic carbocycles. The third-order valence-electron chi connectivity index (χ3n) is 1.95. The van der Waals surface area contributed by atoms with Gasteiger partial charge in [-0.25, -0.2) is 0 Å². The molecule has 0 atom stereocenters. The van der Waals surface area contributed by atoms with E-state index >= 15 is 0 Å². The first kappa shape index (κ1) is 10.9. The highest BCUT2D eigenvalue weighted by atomic mass is 32.1. The third-order valence-corrected chi connectivity index (χ3v) is 2.22. The van der Waals surface area contributed by atoms with E-state index in [4.69, 9.17) is 4.74 Å². The van der Waals surface area contributed by atoms with Crippen molar-refractivity contribution in [1.29, 1.82) is 0 Å². The Morgan fingerprint density at radius 2 is 2.29 bits per heavy atom. The topological polar surface area (TPSA) is 29.5 Å². The Morgan fingerprint density at radius 3 is 2.86 bits per heavy atom. The fourth-order valence-electron chi connectivity index (χ4n) is 1.07. The molecule has 1 amide bonds. The molecule has 0 aliphatic carbocycles. The molecular weight excluding hydrogens is 198 g/mol. The molecule has 0 radical (unpaired) electrons. The van der Waals surface area contributed by atoms with Gasteiger partial charge in [-0.2, -0.15) is 12.6 Å². The monoisotopic (exact) mass is 211 g/mol. The van der Waals surface area contributed by atoms with Crippen LogP contribution in [0, 0.1) is 0 Å². The average Bonchev–Trinajstić information content (AvgIpc) is 2.27. The molecule has 14 heavy (non-hydrogen) atoms. The van der Waals surface area contributed by atoms with Crippen LogP contribution >= 0.6 is 12.6 Å². The zero-order valence-electron chi connectivity index (χ0n) is 8.23.